The second-order valence-corrected chi connectivity index (χ2v) is 6.10. The average molecular weight is 399 g/mol. The second-order valence-electron chi connectivity index (χ2n) is 6.10. The molecule has 0 aliphatic carbocycles. The first-order valence-electron chi connectivity index (χ1n) is 9.24. The zero-order valence-corrected chi connectivity index (χ0v) is 16.5. The molecule has 154 valence electrons. The number of phenolic OH excluding ortho intramolecular Hbond substituents is 1. The maximum Gasteiger partial charge on any atom is 0.259 e. The molecule has 8 heteroatoms. The SMILES string of the molecule is CCCCOc1ccc(C(=O)NCC(=O)N/N=C\c2cccc(OC)c2O)cc1. The maximum atomic E-state index is 12.1. The number of nitrogens with zero attached hydrogens (tertiary/aromatic N) is 1. The number of unbranched alkanes of at least 4 members (excludes halogenated alkanes) is 1. The minimum Gasteiger partial charge on any atom is -0.504 e. The number of hydrogen-bond donors (Lipinski definition) is 3. The molecule has 8 nitrogen and oxygen atoms in total. The van der Waals surface area contributed by atoms with Crippen molar-refractivity contribution in [2.75, 3.05) is 20.3 Å². The lowest BCUT2D eigenvalue weighted by molar-refractivity contribution is -0.120. The molecule has 0 radical (unpaired) electrons. The Morgan fingerprint density at radius 3 is 2.62 bits per heavy atom. The molecule has 2 rings (SSSR count). The first kappa shape index (κ1) is 21.7. The fraction of sp³-hybridized carbons (Fsp3) is 0.286. The predicted molar refractivity (Wildman–Crippen MR) is 110 cm³/mol. The van der Waals surface area contributed by atoms with Crippen LogP contribution in [0.5, 0.6) is 17.2 Å². The highest BCUT2D eigenvalue weighted by Crippen LogP contribution is 2.27. The Kier molecular flexibility index (Phi) is 8.50. The zero-order chi connectivity index (χ0) is 21.1. The van der Waals surface area contributed by atoms with Crippen molar-refractivity contribution >= 4 is 18.0 Å². The van der Waals surface area contributed by atoms with Crippen molar-refractivity contribution in [1.82, 2.24) is 10.7 Å². The van der Waals surface area contributed by atoms with E-state index in [0.717, 1.165) is 12.8 Å². The van der Waals surface area contributed by atoms with E-state index < -0.39 is 5.91 Å². The van der Waals surface area contributed by atoms with E-state index in [1.54, 1.807) is 42.5 Å². The van der Waals surface area contributed by atoms with Crippen molar-refractivity contribution < 1.29 is 24.2 Å². The molecule has 0 saturated carbocycles. The number of hydrazone groups is 1. The van der Waals surface area contributed by atoms with Crippen molar-refractivity contribution in [2.45, 2.75) is 19.8 Å². The highest BCUT2D eigenvalue weighted by Gasteiger charge is 2.08. The van der Waals surface area contributed by atoms with Gasteiger partial charge in [0.15, 0.2) is 11.5 Å². The van der Waals surface area contributed by atoms with E-state index in [1.165, 1.54) is 13.3 Å². The van der Waals surface area contributed by atoms with Crippen LogP contribution in [0.2, 0.25) is 0 Å². The largest absolute Gasteiger partial charge is 0.504 e. The smallest absolute Gasteiger partial charge is 0.259 e. The van der Waals surface area contributed by atoms with Crippen LogP contribution in [0.4, 0.5) is 0 Å². The Balaban J connectivity index is 1.79. The number of phenols is 1. The van der Waals surface area contributed by atoms with Gasteiger partial charge in [0.2, 0.25) is 0 Å². The molecule has 29 heavy (non-hydrogen) atoms. The van der Waals surface area contributed by atoms with E-state index in [-0.39, 0.29) is 18.2 Å². The fourth-order valence-corrected chi connectivity index (χ4v) is 2.32. The fourth-order valence-electron chi connectivity index (χ4n) is 2.32. The molecule has 0 fully saturated rings. The summed E-state index contributed by atoms with van der Waals surface area (Å²) in [6.07, 6.45) is 3.30. The summed E-state index contributed by atoms with van der Waals surface area (Å²) in [7, 11) is 1.44. The van der Waals surface area contributed by atoms with Gasteiger partial charge in [0.05, 0.1) is 26.5 Å². The molecular weight excluding hydrogens is 374 g/mol. The van der Waals surface area contributed by atoms with Crippen molar-refractivity contribution in [3.8, 4) is 17.2 Å². The predicted octanol–water partition coefficient (Wildman–Crippen LogP) is 2.46. The molecule has 0 spiro atoms. The summed E-state index contributed by atoms with van der Waals surface area (Å²) in [5, 5.41) is 16.2. The van der Waals surface area contributed by atoms with Crippen LogP contribution < -0.4 is 20.2 Å². The van der Waals surface area contributed by atoms with Gasteiger partial charge in [-0.25, -0.2) is 5.43 Å². The van der Waals surface area contributed by atoms with E-state index >= 15 is 0 Å². The van der Waals surface area contributed by atoms with Crippen molar-refractivity contribution in [3.05, 3.63) is 53.6 Å². The zero-order valence-electron chi connectivity index (χ0n) is 16.5. The molecule has 0 aromatic heterocycles. The Hall–Kier alpha value is -3.55. The van der Waals surface area contributed by atoms with Crippen LogP contribution in [-0.2, 0) is 4.79 Å². The van der Waals surface area contributed by atoms with Crippen molar-refractivity contribution in [3.63, 3.8) is 0 Å². The van der Waals surface area contributed by atoms with Gasteiger partial charge in [-0.05, 0) is 42.8 Å². The summed E-state index contributed by atoms with van der Waals surface area (Å²) in [6.45, 7) is 2.48. The molecule has 2 amide bonds. The van der Waals surface area contributed by atoms with E-state index in [2.05, 4.69) is 22.8 Å². The Labute approximate surface area is 169 Å². The van der Waals surface area contributed by atoms with Crippen molar-refractivity contribution in [2.24, 2.45) is 5.10 Å². The third-order valence-corrected chi connectivity index (χ3v) is 3.94. The molecule has 0 aliphatic rings. The van der Waals surface area contributed by atoms with Crippen LogP contribution in [0.25, 0.3) is 0 Å². The Morgan fingerprint density at radius 2 is 1.93 bits per heavy atom. The second kappa shape index (κ2) is 11.3. The van der Waals surface area contributed by atoms with Crippen LogP contribution in [0.1, 0.15) is 35.7 Å². The van der Waals surface area contributed by atoms with Gasteiger partial charge in [0.1, 0.15) is 5.75 Å². The number of benzene rings is 2. The minimum absolute atomic E-state index is 0.0802. The minimum atomic E-state index is -0.503. The van der Waals surface area contributed by atoms with Gasteiger partial charge in [-0.3, -0.25) is 9.59 Å². The van der Waals surface area contributed by atoms with E-state index in [9.17, 15) is 14.7 Å². The monoisotopic (exact) mass is 399 g/mol. The van der Waals surface area contributed by atoms with Crippen LogP contribution in [0.3, 0.4) is 0 Å². The standard InChI is InChI=1S/C21H25N3O5/c1-3-4-12-29-17-10-8-15(9-11-17)21(27)22-14-19(25)24-23-13-16-6-5-7-18(28-2)20(16)26/h5-11,13,26H,3-4,12,14H2,1-2H3,(H,22,27)(H,24,25)/b23-13-. The summed E-state index contributed by atoms with van der Waals surface area (Å²) in [5.41, 5.74) is 3.09. The van der Waals surface area contributed by atoms with Gasteiger partial charge in [0.25, 0.3) is 11.8 Å². The van der Waals surface area contributed by atoms with E-state index in [4.69, 9.17) is 9.47 Å². The molecular formula is C21H25N3O5. The van der Waals surface area contributed by atoms with Gasteiger partial charge in [-0.15, -0.1) is 0 Å². The summed E-state index contributed by atoms with van der Waals surface area (Å²) in [4.78, 5) is 23.9. The number of carbonyl (C=O) groups excluding carboxylic acids is 2. The number of ether oxygens (including phenoxy) is 2. The van der Waals surface area contributed by atoms with Crippen LogP contribution in [-0.4, -0.2) is 43.4 Å². The number of methoxy groups -OCH3 is 1. The number of rotatable bonds is 10. The number of carbonyl (C=O) groups is 2. The maximum absolute atomic E-state index is 12.1. The highest BCUT2D eigenvalue weighted by atomic mass is 16.5. The highest BCUT2D eigenvalue weighted by molar-refractivity contribution is 5.96. The number of nitrogens with one attached hydrogen (secondary N) is 2. The third-order valence-electron chi connectivity index (χ3n) is 3.94. The molecule has 2 aromatic rings. The van der Waals surface area contributed by atoms with Crippen LogP contribution in [0, 0.1) is 0 Å². The Bertz CT molecular complexity index is 850. The van der Waals surface area contributed by atoms with Gasteiger partial charge in [-0.2, -0.15) is 5.10 Å². The lowest BCUT2D eigenvalue weighted by atomic mass is 10.2. The van der Waals surface area contributed by atoms with E-state index in [0.29, 0.717) is 29.2 Å². The summed E-state index contributed by atoms with van der Waals surface area (Å²) in [5.74, 6) is 0.0341. The molecule has 0 aliphatic heterocycles. The third kappa shape index (κ3) is 6.84. The lowest BCUT2D eigenvalue weighted by Crippen LogP contribution is -2.34. The molecule has 2 aromatic carbocycles. The molecule has 0 heterocycles. The molecule has 0 unspecified atom stereocenters. The number of aromatic hydroxyl groups is 1. The van der Waals surface area contributed by atoms with Gasteiger partial charge in [-0.1, -0.05) is 19.4 Å². The lowest BCUT2D eigenvalue weighted by Gasteiger charge is -2.07. The van der Waals surface area contributed by atoms with Crippen molar-refractivity contribution in [1.29, 1.82) is 0 Å². The molecule has 0 atom stereocenters. The number of hydrogen-bond acceptors (Lipinski definition) is 6. The molecule has 0 saturated heterocycles. The van der Waals surface area contributed by atoms with Crippen LogP contribution in [0.15, 0.2) is 47.6 Å². The van der Waals surface area contributed by atoms with Gasteiger partial charge in [0, 0.05) is 11.1 Å². The van der Waals surface area contributed by atoms with Crippen LogP contribution >= 0.6 is 0 Å². The average Bonchev–Trinajstić information content (AvgIpc) is 2.74. The van der Waals surface area contributed by atoms with Gasteiger partial charge < -0.3 is 19.9 Å². The topological polar surface area (TPSA) is 109 Å². The normalized spacial score (nSPS) is 10.6. The number of para-hydroxylation sites is 1. The summed E-state index contributed by atoms with van der Waals surface area (Å²) < 4.78 is 10.5. The quantitative estimate of drug-likeness (QED) is 0.323. The number of amides is 2. The van der Waals surface area contributed by atoms with E-state index in [1.807, 2.05) is 0 Å². The van der Waals surface area contributed by atoms with Gasteiger partial charge >= 0.3 is 0 Å². The first-order chi connectivity index (χ1) is 14.0. The summed E-state index contributed by atoms with van der Waals surface area (Å²) >= 11 is 0. The first-order valence-corrected chi connectivity index (χ1v) is 9.24. The molecule has 0 bridgehead atoms. The summed E-state index contributed by atoms with van der Waals surface area (Å²) in [6, 6.07) is 11.6. The molecule has 3 N–H and O–H groups in total. The Morgan fingerprint density at radius 1 is 1.17 bits per heavy atom.